The zero-order valence-corrected chi connectivity index (χ0v) is 29.8. The molecular weight excluding hydrogens is 712 g/mol. The van der Waals surface area contributed by atoms with Crippen molar-refractivity contribution in [2.24, 2.45) is 5.73 Å². The van der Waals surface area contributed by atoms with Crippen LogP contribution in [0.15, 0.2) is 71.8 Å². The Morgan fingerprint density at radius 1 is 1.13 bits per heavy atom. The van der Waals surface area contributed by atoms with Crippen molar-refractivity contribution in [3.8, 4) is 39.4 Å². The molecule has 5 N–H and O–H groups in total. The molecule has 5 aromatic rings. The topological polar surface area (TPSA) is 164 Å². The quantitative estimate of drug-likeness (QED) is 0.135. The van der Waals surface area contributed by atoms with Crippen molar-refractivity contribution >= 4 is 40.7 Å². The van der Waals surface area contributed by atoms with Crippen LogP contribution in [0.4, 0.5) is 4.39 Å². The Labute approximate surface area is 308 Å². The van der Waals surface area contributed by atoms with Gasteiger partial charge in [-0.25, -0.2) is 14.4 Å². The number of nitrogens with one attached hydrogen (secondary N) is 2. The maximum atomic E-state index is 15.7. The molecule has 270 valence electrons. The van der Waals surface area contributed by atoms with Gasteiger partial charge >= 0.3 is 0 Å². The number of hydrogen-bond acceptors (Lipinski definition) is 9. The summed E-state index contributed by atoms with van der Waals surface area (Å²) in [6.07, 6.45) is 2.77. The number of hydrogen-bond donors (Lipinski definition) is 4. The van der Waals surface area contributed by atoms with E-state index in [1.54, 1.807) is 37.5 Å². The fraction of sp³-hybridized carbons (Fsp3) is 0.270. The molecule has 1 aliphatic rings. The molecule has 0 saturated carbocycles. The summed E-state index contributed by atoms with van der Waals surface area (Å²) in [7, 11) is 3.23. The lowest BCUT2D eigenvalue weighted by atomic mass is 9.97. The van der Waals surface area contributed by atoms with Crippen LogP contribution in [0.5, 0.6) is 5.88 Å². The Balaban J connectivity index is 1.27. The molecule has 2 aromatic carbocycles. The highest BCUT2D eigenvalue weighted by Crippen LogP contribution is 2.42. The van der Waals surface area contributed by atoms with Crippen LogP contribution in [0, 0.1) is 5.82 Å². The van der Waals surface area contributed by atoms with E-state index < -0.39 is 17.8 Å². The average Bonchev–Trinajstić information content (AvgIpc) is 3.56. The van der Waals surface area contributed by atoms with Gasteiger partial charge in [0.2, 0.25) is 17.7 Å². The molecule has 2 atom stereocenters. The minimum absolute atomic E-state index is 0.0396. The van der Waals surface area contributed by atoms with Crippen molar-refractivity contribution in [1.29, 1.82) is 0 Å². The van der Waals surface area contributed by atoms with Gasteiger partial charge in [0.15, 0.2) is 0 Å². The molecule has 1 saturated heterocycles. The van der Waals surface area contributed by atoms with Gasteiger partial charge in [-0.05, 0) is 31.2 Å². The molecule has 52 heavy (non-hydrogen) atoms. The molecule has 1 aliphatic heterocycles. The van der Waals surface area contributed by atoms with E-state index in [1.807, 2.05) is 29.2 Å². The third-order valence-corrected chi connectivity index (χ3v) is 9.74. The molecule has 0 spiro atoms. The van der Waals surface area contributed by atoms with Crippen LogP contribution < -0.4 is 26.7 Å². The average molecular weight is 749 g/mol. The number of carbonyl (C=O) groups excluding carboxylic acids is 2. The zero-order valence-electron chi connectivity index (χ0n) is 28.3. The Hall–Kier alpha value is -4.92. The van der Waals surface area contributed by atoms with Gasteiger partial charge in [0, 0.05) is 72.3 Å². The molecule has 0 bridgehead atoms. The normalized spacial score (nSPS) is 14.9. The van der Waals surface area contributed by atoms with Crippen molar-refractivity contribution < 1.29 is 23.8 Å². The second-order valence-corrected chi connectivity index (χ2v) is 13.3. The van der Waals surface area contributed by atoms with Crippen molar-refractivity contribution in [3.05, 3.63) is 104 Å². The first-order valence-electron chi connectivity index (χ1n) is 16.4. The molecule has 0 radical (unpaired) electrons. The first-order chi connectivity index (χ1) is 24.9. The van der Waals surface area contributed by atoms with Gasteiger partial charge in [0.25, 0.3) is 5.56 Å². The van der Waals surface area contributed by atoms with Crippen LogP contribution in [-0.2, 0) is 22.7 Å². The van der Waals surface area contributed by atoms with Crippen LogP contribution >= 0.6 is 23.2 Å². The summed E-state index contributed by atoms with van der Waals surface area (Å²) in [4.78, 5) is 46.8. The minimum atomic E-state index is -0.962. The Kier molecular flexibility index (Phi) is 11.2. The number of benzene rings is 2. The summed E-state index contributed by atoms with van der Waals surface area (Å²) in [5, 5.41) is 16.4. The predicted octanol–water partition coefficient (Wildman–Crippen LogP) is 4.54. The van der Waals surface area contributed by atoms with Gasteiger partial charge < -0.3 is 26.2 Å². The number of amides is 2. The number of ether oxygens (including phenoxy) is 1. The highest BCUT2D eigenvalue weighted by molar-refractivity contribution is 6.39. The fourth-order valence-corrected chi connectivity index (χ4v) is 6.90. The molecule has 15 heteroatoms. The first kappa shape index (κ1) is 36.9. The number of methoxy groups -OCH3 is 1. The van der Waals surface area contributed by atoms with Gasteiger partial charge in [-0.2, -0.15) is 0 Å². The van der Waals surface area contributed by atoms with Gasteiger partial charge in [-0.15, -0.1) is 0 Å². The number of primary amides is 1. The number of aromatic nitrogens is 3. The SMILES string of the molecule is COc1nc(-c2cccc(-c3cccc(-c4ccn5c(=O)c(CNC[C@@H](O)CC(N)=O)cnc5c4)c3Cl)c2Cl)cc(F)c1CN(C)[C@H]1CCC(=O)N1. The van der Waals surface area contributed by atoms with Gasteiger partial charge in [0.05, 0.1) is 47.1 Å². The zero-order chi connectivity index (χ0) is 37.1. The number of rotatable bonds is 13. The predicted molar refractivity (Wildman–Crippen MR) is 196 cm³/mol. The highest BCUT2D eigenvalue weighted by atomic mass is 35.5. The molecule has 4 heterocycles. The molecule has 0 unspecified atom stereocenters. The maximum absolute atomic E-state index is 15.7. The Bertz CT molecular complexity index is 2230. The maximum Gasteiger partial charge on any atom is 0.262 e. The number of aliphatic hydroxyl groups is 1. The number of nitrogens with two attached hydrogens (primary N) is 1. The van der Waals surface area contributed by atoms with E-state index in [1.165, 1.54) is 23.8 Å². The number of nitrogens with zero attached hydrogens (tertiary/aromatic N) is 4. The lowest BCUT2D eigenvalue weighted by Crippen LogP contribution is -2.40. The van der Waals surface area contributed by atoms with E-state index in [0.29, 0.717) is 61.9 Å². The number of fused-ring (bicyclic) bond motifs is 1. The summed E-state index contributed by atoms with van der Waals surface area (Å²) < 4.78 is 22.6. The van der Waals surface area contributed by atoms with Crippen LogP contribution in [0.1, 0.15) is 30.4 Å². The van der Waals surface area contributed by atoms with E-state index in [2.05, 4.69) is 20.6 Å². The fourth-order valence-electron chi connectivity index (χ4n) is 6.24. The van der Waals surface area contributed by atoms with Gasteiger partial charge in [-0.3, -0.25) is 23.7 Å². The number of halogens is 3. The molecular formula is C37H36Cl2FN7O5. The second kappa shape index (κ2) is 15.8. The molecule has 2 amide bonds. The Morgan fingerprint density at radius 2 is 1.83 bits per heavy atom. The number of pyridine rings is 2. The molecule has 3 aromatic heterocycles. The van der Waals surface area contributed by atoms with E-state index in [4.69, 9.17) is 33.7 Å². The van der Waals surface area contributed by atoms with Crippen molar-refractivity contribution in [2.45, 2.75) is 44.6 Å². The van der Waals surface area contributed by atoms with Gasteiger partial charge in [0.1, 0.15) is 11.5 Å². The van der Waals surface area contributed by atoms with E-state index in [0.717, 1.165) is 0 Å². The third-order valence-electron chi connectivity index (χ3n) is 8.92. The molecule has 6 rings (SSSR count). The smallest absolute Gasteiger partial charge is 0.262 e. The summed E-state index contributed by atoms with van der Waals surface area (Å²) >= 11 is 14.1. The first-order valence-corrected chi connectivity index (χ1v) is 17.2. The van der Waals surface area contributed by atoms with E-state index >= 15 is 4.39 Å². The highest BCUT2D eigenvalue weighted by Gasteiger charge is 2.27. The van der Waals surface area contributed by atoms with Crippen LogP contribution in [0.25, 0.3) is 39.2 Å². The lowest BCUT2D eigenvalue weighted by molar-refractivity contribution is -0.120. The molecule has 0 aliphatic carbocycles. The number of aliphatic hydroxyl groups excluding tert-OH is 1. The second-order valence-electron chi connectivity index (χ2n) is 12.5. The van der Waals surface area contributed by atoms with Crippen LogP contribution in [0.3, 0.4) is 0 Å². The molecule has 1 fully saturated rings. The van der Waals surface area contributed by atoms with Crippen LogP contribution in [0.2, 0.25) is 10.0 Å². The Morgan fingerprint density at radius 3 is 2.50 bits per heavy atom. The molecule has 12 nitrogen and oxygen atoms in total. The van der Waals surface area contributed by atoms with Crippen molar-refractivity contribution in [3.63, 3.8) is 0 Å². The summed E-state index contributed by atoms with van der Waals surface area (Å²) in [6, 6.07) is 15.7. The summed E-state index contributed by atoms with van der Waals surface area (Å²) in [5.41, 5.74) is 9.20. The summed E-state index contributed by atoms with van der Waals surface area (Å²) in [5.74, 6) is -1.07. The largest absolute Gasteiger partial charge is 0.481 e. The van der Waals surface area contributed by atoms with E-state index in [-0.39, 0.29) is 60.8 Å². The monoisotopic (exact) mass is 747 g/mol. The summed E-state index contributed by atoms with van der Waals surface area (Å²) in [6.45, 7) is 0.393. The van der Waals surface area contributed by atoms with Crippen LogP contribution in [-0.4, -0.2) is 69.2 Å². The number of carbonyl (C=O) groups is 2. The van der Waals surface area contributed by atoms with Gasteiger partial charge in [-0.1, -0.05) is 59.6 Å². The van der Waals surface area contributed by atoms with Crippen molar-refractivity contribution in [2.75, 3.05) is 20.7 Å². The lowest BCUT2D eigenvalue weighted by Gasteiger charge is -2.25. The standard InChI is InChI=1S/C37H36Cl2FN7O5/c1-46(31-9-10-33(50)45-31)19-27-28(40)15-29(44-36(27)52-2)26-8-4-7-25(35(26)39)24-6-3-5-23(34(24)38)20-11-12-47-32(13-20)43-17-21(37(47)51)16-42-18-22(48)14-30(41)49/h3-8,11-13,15,17,22,31,42,48H,9-10,14,16,18-19H2,1-2H3,(H2,41,49)(H,45,50)/t22-,31-/m0/s1. The minimum Gasteiger partial charge on any atom is -0.481 e. The van der Waals surface area contributed by atoms with E-state index in [9.17, 15) is 19.5 Å². The third kappa shape index (κ3) is 7.78. The van der Waals surface area contributed by atoms with Crippen molar-refractivity contribution in [1.82, 2.24) is 29.9 Å².